The molecule has 3 aromatic carbocycles. The number of carboxylic acids is 1. The molecular formula is C29H30FN3O3. The molecule has 4 N–H and O–H groups in total. The van der Waals surface area contributed by atoms with Gasteiger partial charge < -0.3 is 20.5 Å². The fourth-order valence-electron chi connectivity index (χ4n) is 4.23. The Bertz CT molecular complexity index is 1390. The summed E-state index contributed by atoms with van der Waals surface area (Å²) < 4.78 is 13.8. The van der Waals surface area contributed by atoms with Crippen LogP contribution in [0.5, 0.6) is 5.88 Å². The number of nitrogens with one attached hydrogen (secondary N) is 2. The van der Waals surface area contributed by atoms with Crippen molar-refractivity contribution in [2.75, 3.05) is 6.54 Å². The van der Waals surface area contributed by atoms with E-state index in [4.69, 9.17) is 10.1 Å². The Morgan fingerprint density at radius 3 is 2.61 bits per heavy atom. The van der Waals surface area contributed by atoms with E-state index in [-0.39, 0.29) is 18.3 Å². The van der Waals surface area contributed by atoms with Crippen molar-refractivity contribution in [3.8, 4) is 5.88 Å². The van der Waals surface area contributed by atoms with E-state index >= 15 is 0 Å². The van der Waals surface area contributed by atoms with Gasteiger partial charge >= 0.3 is 5.97 Å². The fraction of sp³-hybridized carbons (Fsp3) is 0.241. The normalized spacial score (nSPS) is 12.7. The van der Waals surface area contributed by atoms with Crippen molar-refractivity contribution in [2.45, 2.75) is 39.2 Å². The summed E-state index contributed by atoms with van der Waals surface area (Å²) in [7, 11) is 0. The van der Waals surface area contributed by atoms with Gasteiger partial charge in [0.15, 0.2) is 5.88 Å². The van der Waals surface area contributed by atoms with E-state index in [0.29, 0.717) is 34.3 Å². The Kier molecular flexibility index (Phi) is 7.80. The first-order valence-corrected chi connectivity index (χ1v) is 12.1. The van der Waals surface area contributed by atoms with Crippen molar-refractivity contribution in [1.29, 1.82) is 0 Å². The van der Waals surface area contributed by atoms with Gasteiger partial charge in [-0.15, -0.1) is 0 Å². The summed E-state index contributed by atoms with van der Waals surface area (Å²) in [4.78, 5) is 18.8. The Morgan fingerprint density at radius 2 is 1.89 bits per heavy atom. The van der Waals surface area contributed by atoms with Crippen LogP contribution in [-0.4, -0.2) is 33.4 Å². The van der Waals surface area contributed by atoms with E-state index in [0.717, 1.165) is 29.7 Å². The van der Waals surface area contributed by atoms with Gasteiger partial charge in [-0.2, -0.15) is 0 Å². The number of aliphatic carboxylic acids is 1. The largest absolute Gasteiger partial charge is 0.494 e. The van der Waals surface area contributed by atoms with Crippen molar-refractivity contribution in [3.63, 3.8) is 0 Å². The number of hydrogen-bond acceptors (Lipinski definition) is 4. The van der Waals surface area contributed by atoms with E-state index in [1.54, 1.807) is 6.07 Å². The van der Waals surface area contributed by atoms with Crippen LogP contribution in [0.2, 0.25) is 0 Å². The lowest BCUT2D eigenvalue weighted by Crippen LogP contribution is -2.19. The highest BCUT2D eigenvalue weighted by molar-refractivity contribution is 6.21. The molecule has 0 radical (unpaired) electrons. The Morgan fingerprint density at radius 1 is 1.11 bits per heavy atom. The lowest BCUT2D eigenvalue weighted by Gasteiger charge is -2.14. The van der Waals surface area contributed by atoms with Crippen LogP contribution < -0.4 is 5.32 Å². The average Bonchev–Trinajstić information content (AvgIpc) is 3.19. The first kappa shape index (κ1) is 25.1. The third-order valence-electron chi connectivity index (χ3n) is 6.14. The Hall–Kier alpha value is -3.97. The molecule has 7 heteroatoms. The highest BCUT2D eigenvalue weighted by Crippen LogP contribution is 2.32. The smallest absolute Gasteiger partial charge is 0.303 e. The molecule has 0 bridgehead atoms. The number of aromatic hydroxyl groups is 1. The zero-order valence-electron chi connectivity index (χ0n) is 20.4. The molecule has 186 valence electrons. The zero-order chi connectivity index (χ0) is 25.7. The number of halogens is 1. The number of carboxylic acid groups (broad SMARTS) is 1. The number of fused-ring (bicyclic) bond motifs is 1. The maximum absolute atomic E-state index is 13.8. The van der Waals surface area contributed by atoms with Gasteiger partial charge in [0, 0.05) is 23.4 Å². The SMILES string of the molecule is CCCNC(C)c1ccc(N=C(c2cccc(CCC(=O)O)c2)c2c(O)[nH]c3cc(F)ccc23)cc1. The molecule has 36 heavy (non-hydrogen) atoms. The van der Waals surface area contributed by atoms with Crippen molar-refractivity contribution >= 4 is 28.3 Å². The summed E-state index contributed by atoms with van der Waals surface area (Å²) in [5.74, 6) is -1.39. The molecule has 1 unspecified atom stereocenters. The molecule has 0 spiro atoms. The highest BCUT2D eigenvalue weighted by Gasteiger charge is 2.19. The van der Waals surface area contributed by atoms with Crippen LogP contribution in [0.3, 0.4) is 0 Å². The molecule has 0 aliphatic rings. The monoisotopic (exact) mass is 487 g/mol. The van der Waals surface area contributed by atoms with Gasteiger partial charge in [-0.25, -0.2) is 9.38 Å². The maximum Gasteiger partial charge on any atom is 0.303 e. The number of rotatable bonds is 10. The molecule has 1 atom stereocenters. The average molecular weight is 488 g/mol. The number of aromatic nitrogens is 1. The third kappa shape index (κ3) is 5.80. The summed E-state index contributed by atoms with van der Waals surface area (Å²) in [5.41, 5.74) is 4.84. The summed E-state index contributed by atoms with van der Waals surface area (Å²) in [5, 5.41) is 24.0. The highest BCUT2D eigenvalue weighted by atomic mass is 19.1. The molecule has 1 heterocycles. The Labute approximate surface area is 209 Å². The number of aliphatic imine (C=N–C) groups is 1. The van der Waals surface area contributed by atoms with Gasteiger partial charge in [-0.1, -0.05) is 37.3 Å². The quantitative estimate of drug-likeness (QED) is 0.199. The number of H-pyrrole nitrogens is 1. The van der Waals surface area contributed by atoms with Crippen molar-refractivity contribution in [1.82, 2.24) is 10.3 Å². The molecule has 0 aliphatic carbocycles. The molecular weight excluding hydrogens is 457 g/mol. The molecule has 6 nitrogen and oxygen atoms in total. The number of nitrogens with zero attached hydrogens (tertiary/aromatic N) is 1. The number of carbonyl (C=O) groups is 1. The topological polar surface area (TPSA) is 97.7 Å². The molecule has 0 aliphatic heterocycles. The van der Waals surface area contributed by atoms with Crippen LogP contribution in [0.25, 0.3) is 10.9 Å². The second-order valence-corrected chi connectivity index (χ2v) is 8.86. The zero-order valence-corrected chi connectivity index (χ0v) is 20.4. The summed E-state index contributed by atoms with van der Waals surface area (Å²) >= 11 is 0. The van der Waals surface area contributed by atoms with Crippen molar-refractivity contribution < 1.29 is 19.4 Å². The second-order valence-electron chi connectivity index (χ2n) is 8.86. The van der Waals surface area contributed by atoms with Gasteiger partial charge in [0.1, 0.15) is 5.82 Å². The summed E-state index contributed by atoms with van der Waals surface area (Å²) in [6.45, 7) is 5.18. The van der Waals surface area contributed by atoms with E-state index in [2.05, 4.69) is 24.1 Å². The van der Waals surface area contributed by atoms with Crippen molar-refractivity contribution in [2.24, 2.45) is 4.99 Å². The predicted octanol–water partition coefficient (Wildman–Crippen LogP) is 6.26. The molecule has 0 fully saturated rings. The minimum atomic E-state index is -0.867. The van der Waals surface area contributed by atoms with E-state index in [1.807, 2.05) is 48.5 Å². The second kappa shape index (κ2) is 11.2. The fourth-order valence-corrected chi connectivity index (χ4v) is 4.23. The predicted molar refractivity (Wildman–Crippen MR) is 141 cm³/mol. The van der Waals surface area contributed by atoms with Crippen LogP contribution in [0.1, 0.15) is 55.0 Å². The van der Waals surface area contributed by atoms with E-state index in [9.17, 15) is 14.3 Å². The third-order valence-corrected chi connectivity index (χ3v) is 6.14. The first-order chi connectivity index (χ1) is 17.4. The molecule has 0 amide bonds. The van der Waals surface area contributed by atoms with Gasteiger partial charge in [0.2, 0.25) is 0 Å². The lowest BCUT2D eigenvalue weighted by atomic mass is 9.97. The minimum absolute atomic E-state index is 0.0131. The van der Waals surface area contributed by atoms with Crippen LogP contribution in [0.4, 0.5) is 10.1 Å². The molecule has 0 saturated carbocycles. The van der Waals surface area contributed by atoms with Gasteiger partial charge in [0.25, 0.3) is 0 Å². The number of benzene rings is 3. The summed E-state index contributed by atoms with van der Waals surface area (Å²) in [6, 6.07) is 19.9. The lowest BCUT2D eigenvalue weighted by molar-refractivity contribution is -0.136. The molecule has 1 aromatic heterocycles. The Balaban J connectivity index is 1.80. The van der Waals surface area contributed by atoms with Gasteiger partial charge in [-0.3, -0.25) is 4.79 Å². The van der Waals surface area contributed by atoms with Crippen LogP contribution in [-0.2, 0) is 11.2 Å². The number of hydrogen-bond donors (Lipinski definition) is 4. The molecule has 4 aromatic rings. The minimum Gasteiger partial charge on any atom is -0.494 e. The van der Waals surface area contributed by atoms with Crippen LogP contribution >= 0.6 is 0 Å². The number of aryl methyl sites for hydroxylation is 1. The van der Waals surface area contributed by atoms with Crippen molar-refractivity contribution in [3.05, 3.63) is 94.8 Å². The van der Waals surface area contributed by atoms with Gasteiger partial charge in [0.05, 0.1) is 22.5 Å². The standard InChI is InChI=1S/C29H30FN3O3/c1-3-15-31-18(2)20-8-11-23(12-9-20)32-28(21-6-4-5-19(16-21)7-14-26(34)35)27-24-13-10-22(30)17-25(24)33-29(27)36/h4-6,8-13,16-18,31,33,36H,3,7,14-15H2,1-2H3,(H,34,35). The molecule has 0 saturated heterocycles. The molecule has 4 rings (SSSR count). The number of aromatic amines is 1. The van der Waals surface area contributed by atoms with E-state index in [1.165, 1.54) is 12.1 Å². The van der Waals surface area contributed by atoms with Gasteiger partial charge in [-0.05, 0) is 73.8 Å². The van der Waals surface area contributed by atoms with Crippen LogP contribution in [0, 0.1) is 5.82 Å². The first-order valence-electron chi connectivity index (χ1n) is 12.1. The van der Waals surface area contributed by atoms with E-state index < -0.39 is 11.8 Å². The van der Waals surface area contributed by atoms with Crippen LogP contribution in [0.15, 0.2) is 71.7 Å². The summed E-state index contributed by atoms with van der Waals surface area (Å²) in [6.07, 6.45) is 1.44. The maximum atomic E-state index is 13.8.